The topological polar surface area (TPSA) is 15.3 Å². The molecule has 1 N–H and O–H groups in total. The van der Waals surface area contributed by atoms with Gasteiger partial charge in [-0.1, -0.05) is 6.92 Å². The maximum atomic E-state index is 3.65. The van der Waals surface area contributed by atoms with Crippen LogP contribution < -0.4 is 5.32 Å². The van der Waals surface area contributed by atoms with Crippen LogP contribution in [0.5, 0.6) is 0 Å². The highest BCUT2D eigenvalue weighted by Gasteiger charge is 2.22. The Morgan fingerprint density at radius 1 is 1.50 bits per heavy atom. The van der Waals surface area contributed by atoms with Gasteiger partial charge >= 0.3 is 0 Å². The van der Waals surface area contributed by atoms with Crippen molar-refractivity contribution in [3.8, 4) is 0 Å². The number of likely N-dealkylation sites (N-methyl/N-ethyl adjacent to an activating group) is 1. The van der Waals surface area contributed by atoms with E-state index in [0.717, 1.165) is 24.4 Å². The van der Waals surface area contributed by atoms with Gasteiger partial charge in [-0.25, -0.2) is 0 Å². The van der Waals surface area contributed by atoms with E-state index in [1.165, 1.54) is 12.2 Å². The largest absolute Gasteiger partial charge is 0.312 e. The van der Waals surface area contributed by atoms with Gasteiger partial charge in [-0.2, -0.15) is 11.8 Å². The zero-order valence-electron chi connectivity index (χ0n) is 9.92. The fourth-order valence-electron chi connectivity index (χ4n) is 1.68. The molecule has 0 aromatic rings. The fraction of sp³-hybridized carbons (Fsp3) is 1.00. The van der Waals surface area contributed by atoms with Gasteiger partial charge in [0.05, 0.1) is 0 Å². The second kappa shape index (κ2) is 5.99. The van der Waals surface area contributed by atoms with E-state index < -0.39 is 0 Å². The predicted octanol–water partition coefficient (Wildman–Crippen LogP) is 1.81. The Morgan fingerprint density at radius 3 is 2.71 bits per heavy atom. The van der Waals surface area contributed by atoms with Crippen LogP contribution in [0.4, 0.5) is 0 Å². The third-order valence-corrected chi connectivity index (χ3v) is 4.45. The lowest BCUT2D eigenvalue weighted by atomic mass is 10.2. The van der Waals surface area contributed by atoms with Crippen molar-refractivity contribution in [2.45, 2.75) is 44.5 Å². The summed E-state index contributed by atoms with van der Waals surface area (Å²) in [5.41, 5.74) is 0. The summed E-state index contributed by atoms with van der Waals surface area (Å²) in [7, 11) is 2.19. The first-order chi connectivity index (χ1) is 6.61. The lowest BCUT2D eigenvalue weighted by Gasteiger charge is -2.23. The molecule has 0 aromatic carbocycles. The summed E-state index contributed by atoms with van der Waals surface area (Å²) in [4.78, 5) is 2.39. The smallest absolute Gasteiger partial charge is 0.0192 e. The molecule has 1 aliphatic heterocycles. The van der Waals surface area contributed by atoms with Crippen LogP contribution in [0, 0.1) is 0 Å². The summed E-state index contributed by atoms with van der Waals surface area (Å²) >= 11 is 2.09. The number of rotatable bonds is 5. The van der Waals surface area contributed by atoms with Gasteiger partial charge in [0.25, 0.3) is 0 Å². The highest BCUT2D eigenvalue weighted by Crippen LogP contribution is 2.25. The molecule has 14 heavy (non-hydrogen) atoms. The summed E-state index contributed by atoms with van der Waals surface area (Å²) in [6.07, 6.45) is 1.34. The molecule has 1 fully saturated rings. The van der Waals surface area contributed by atoms with Crippen molar-refractivity contribution in [1.29, 1.82) is 0 Å². The van der Waals surface area contributed by atoms with Crippen LogP contribution in [0.3, 0.4) is 0 Å². The second-order valence-corrected chi connectivity index (χ2v) is 5.98. The van der Waals surface area contributed by atoms with E-state index in [9.17, 15) is 0 Å². The molecule has 2 nitrogen and oxygen atoms in total. The van der Waals surface area contributed by atoms with E-state index in [4.69, 9.17) is 0 Å². The van der Waals surface area contributed by atoms with Gasteiger partial charge in [-0.3, -0.25) is 0 Å². The molecule has 1 saturated heterocycles. The maximum Gasteiger partial charge on any atom is 0.0192 e. The van der Waals surface area contributed by atoms with Gasteiger partial charge in [0, 0.05) is 30.4 Å². The van der Waals surface area contributed by atoms with Crippen LogP contribution in [-0.4, -0.2) is 48.1 Å². The van der Waals surface area contributed by atoms with E-state index in [0.29, 0.717) is 6.04 Å². The molecule has 2 atom stereocenters. The van der Waals surface area contributed by atoms with E-state index in [1.54, 1.807) is 0 Å². The number of nitrogens with one attached hydrogen (secondary N) is 1. The van der Waals surface area contributed by atoms with Crippen LogP contribution in [0.1, 0.15) is 27.2 Å². The van der Waals surface area contributed by atoms with E-state index in [1.807, 2.05) is 0 Å². The van der Waals surface area contributed by atoms with E-state index in [2.05, 4.69) is 49.8 Å². The lowest BCUT2D eigenvalue weighted by Crippen LogP contribution is -2.40. The predicted molar refractivity (Wildman–Crippen MR) is 66.1 cm³/mol. The number of hydrogen-bond acceptors (Lipinski definition) is 3. The minimum Gasteiger partial charge on any atom is -0.312 e. The van der Waals surface area contributed by atoms with Crippen LogP contribution in [-0.2, 0) is 0 Å². The normalized spacial score (nSPS) is 27.9. The van der Waals surface area contributed by atoms with Crippen molar-refractivity contribution in [1.82, 2.24) is 10.2 Å². The average molecular weight is 216 g/mol. The van der Waals surface area contributed by atoms with Crippen molar-refractivity contribution >= 4 is 11.8 Å². The Kier molecular flexibility index (Phi) is 5.28. The molecule has 3 heteroatoms. The first-order valence-corrected chi connectivity index (χ1v) is 6.71. The van der Waals surface area contributed by atoms with Crippen LogP contribution in [0.25, 0.3) is 0 Å². The summed E-state index contributed by atoms with van der Waals surface area (Å²) in [6, 6.07) is 1.41. The van der Waals surface area contributed by atoms with Crippen molar-refractivity contribution in [3.05, 3.63) is 0 Å². The molecule has 1 heterocycles. The number of nitrogens with zero attached hydrogens (tertiary/aromatic N) is 1. The summed E-state index contributed by atoms with van der Waals surface area (Å²) in [5, 5.41) is 4.46. The number of hydrogen-bond donors (Lipinski definition) is 1. The highest BCUT2D eigenvalue weighted by molar-refractivity contribution is 8.00. The Hall–Kier alpha value is 0.270. The molecule has 0 radical (unpaired) electrons. The molecule has 1 aliphatic rings. The fourth-order valence-corrected chi connectivity index (χ4v) is 2.91. The Balaban J connectivity index is 2.09. The van der Waals surface area contributed by atoms with Gasteiger partial charge < -0.3 is 10.2 Å². The van der Waals surface area contributed by atoms with Crippen molar-refractivity contribution in [2.75, 3.05) is 25.9 Å². The standard InChI is InChI=1S/C11H24N2S/c1-9(2)13(4)7-6-12-11-5-8-14-10(11)3/h9-12H,5-8H2,1-4H3. The molecule has 0 aromatic heterocycles. The Bertz CT molecular complexity index is 161. The minimum absolute atomic E-state index is 0.659. The molecule has 84 valence electrons. The van der Waals surface area contributed by atoms with Gasteiger partial charge in [-0.05, 0) is 33.1 Å². The van der Waals surface area contributed by atoms with Crippen molar-refractivity contribution < 1.29 is 0 Å². The summed E-state index contributed by atoms with van der Waals surface area (Å²) < 4.78 is 0. The average Bonchev–Trinajstić information content (AvgIpc) is 2.51. The van der Waals surface area contributed by atoms with Gasteiger partial charge in [0.2, 0.25) is 0 Å². The van der Waals surface area contributed by atoms with Crippen molar-refractivity contribution in [2.24, 2.45) is 0 Å². The Labute approximate surface area is 92.8 Å². The zero-order chi connectivity index (χ0) is 10.6. The van der Waals surface area contributed by atoms with E-state index in [-0.39, 0.29) is 0 Å². The summed E-state index contributed by atoms with van der Waals surface area (Å²) in [5.74, 6) is 1.33. The molecule has 0 spiro atoms. The first-order valence-electron chi connectivity index (χ1n) is 5.66. The monoisotopic (exact) mass is 216 g/mol. The third kappa shape index (κ3) is 3.79. The van der Waals surface area contributed by atoms with Crippen molar-refractivity contribution in [3.63, 3.8) is 0 Å². The summed E-state index contributed by atoms with van der Waals surface area (Å²) in [6.45, 7) is 9.11. The van der Waals surface area contributed by atoms with Crippen LogP contribution in [0.15, 0.2) is 0 Å². The molecule has 0 aliphatic carbocycles. The van der Waals surface area contributed by atoms with Gasteiger partial charge in [0.1, 0.15) is 0 Å². The number of thioether (sulfide) groups is 1. The third-order valence-electron chi connectivity index (χ3n) is 3.13. The van der Waals surface area contributed by atoms with Gasteiger partial charge in [-0.15, -0.1) is 0 Å². The zero-order valence-corrected chi connectivity index (χ0v) is 10.7. The second-order valence-electron chi connectivity index (χ2n) is 4.50. The molecule has 2 unspecified atom stereocenters. The SMILES string of the molecule is CC1SCCC1NCCN(C)C(C)C. The van der Waals surface area contributed by atoms with Crippen LogP contribution >= 0.6 is 11.8 Å². The lowest BCUT2D eigenvalue weighted by molar-refractivity contribution is 0.268. The molecule has 0 amide bonds. The molecular formula is C11H24N2S. The molecular weight excluding hydrogens is 192 g/mol. The minimum atomic E-state index is 0.659. The molecule has 1 rings (SSSR count). The van der Waals surface area contributed by atoms with Gasteiger partial charge in [0.15, 0.2) is 0 Å². The first kappa shape index (κ1) is 12.3. The molecule has 0 bridgehead atoms. The highest BCUT2D eigenvalue weighted by atomic mass is 32.2. The van der Waals surface area contributed by atoms with E-state index >= 15 is 0 Å². The molecule has 0 saturated carbocycles. The van der Waals surface area contributed by atoms with Crippen LogP contribution in [0.2, 0.25) is 0 Å². The Morgan fingerprint density at radius 2 is 2.21 bits per heavy atom. The quantitative estimate of drug-likeness (QED) is 0.754. The maximum absolute atomic E-state index is 3.65.